The molecule has 7 heteroatoms. The summed E-state index contributed by atoms with van der Waals surface area (Å²) in [5, 5.41) is 16.0. The molecule has 146 valence electrons. The van der Waals surface area contributed by atoms with Crippen LogP contribution in [0.1, 0.15) is 17.1 Å². The second-order valence-corrected chi connectivity index (χ2v) is 7.99. The first kappa shape index (κ1) is 18.4. The number of para-hydroxylation sites is 1. The molecule has 0 spiro atoms. The minimum absolute atomic E-state index is 0.596. The molecule has 6 nitrogen and oxygen atoms in total. The largest absolute Gasteiger partial charge is 0.337 e. The van der Waals surface area contributed by atoms with Crippen molar-refractivity contribution in [3.8, 4) is 17.3 Å². The predicted molar refractivity (Wildman–Crippen MR) is 118 cm³/mol. The van der Waals surface area contributed by atoms with E-state index in [1.807, 2.05) is 67.2 Å². The molecule has 0 N–H and O–H groups in total. The van der Waals surface area contributed by atoms with E-state index < -0.39 is 0 Å². The number of aromatic nitrogens is 5. The van der Waals surface area contributed by atoms with Gasteiger partial charge in [-0.05, 0) is 13.0 Å². The third-order valence-corrected chi connectivity index (χ3v) is 6.03. The second-order valence-electron chi connectivity index (χ2n) is 7.05. The third kappa shape index (κ3) is 3.02. The van der Waals surface area contributed by atoms with Crippen LogP contribution in [-0.4, -0.2) is 24.1 Å². The van der Waals surface area contributed by atoms with E-state index >= 15 is 0 Å². The fraction of sp³-hybridized carbons (Fsp3) is 0.130. The standard InChI is InChI=1S/C23H18N6S/c1-15-18(12-24)22-17-10-6-7-11-19(17)26-23(29(22)27-15)30-14-21-25-20(13-28(21)2)16-8-4-3-5-9-16/h3-11,13H,14H2,1-2H3. The van der Waals surface area contributed by atoms with Gasteiger partial charge in [0.05, 0.1) is 28.2 Å². The lowest BCUT2D eigenvalue weighted by atomic mass is 10.1. The Morgan fingerprint density at radius 1 is 1.03 bits per heavy atom. The van der Waals surface area contributed by atoms with Gasteiger partial charge >= 0.3 is 0 Å². The van der Waals surface area contributed by atoms with Crippen molar-refractivity contribution in [1.29, 1.82) is 5.26 Å². The highest BCUT2D eigenvalue weighted by Crippen LogP contribution is 2.30. The molecular weight excluding hydrogens is 392 g/mol. The number of nitrogens with zero attached hydrogens (tertiary/aromatic N) is 6. The van der Waals surface area contributed by atoms with Gasteiger partial charge in [-0.15, -0.1) is 0 Å². The predicted octanol–water partition coefficient (Wildman–Crippen LogP) is 4.76. The van der Waals surface area contributed by atoms with Crippen molar-refractivity contribution in [3.63, 3.8) is 0 Å². The molecule has 0 aliphatic carbocycles. The van der Waals surface area contributed by atoms with Crippen molar-refractivity contribution in [3.05, 3.63) is 77.9 Å². The minimum atomic E-state index is 0.596. The van der Waals surface area contributed by atoms with Crippen LogP contribution in [0.4, 0.5) is 0 Å². The number of hydrogen-bond donors (Lipinski definition) is 0. The number of rotatable bonds is 4. The maximum Gasteiger partial charge on any atom is 0.190 e. The maximum absolute atomic E-state index is 9.67. The molecule has 0 aliphatic rings. The van der Waals surface area contributed by atoms with E-state index in [2.05, 4.69) is 23.3 Å². The second kappa shape index (κ2) is 7.32. The zero-order valence-electron chi connectivity index (χ0n) is 16.6. The number of thioether (sulfide) groups is 1. The van der Waals surface area contributed by atoms with Crippen molar-refractivity contribution >= 4 is 28.2 Å². The van der Waals surface area contributed by atoms with Crippen LogP contribution in [0.5, 0.6) is 0 Å². The fourth-order valence-corrected chi connectivity index (χ4v) is 4.52. The van der Waals surface area contributed by atoms with E-state index in [1.54, 1.807) is 16.3 Å². The van der Waals surface area contributed by atoms with Gasteiger partial charge in [0.1, 0.15) is 17.5 Å². The molecule has 30 heavy (non-hydrogen) atoms. The number of fused-ring (bicyclic) bond motifs is 3. The van der Waals surface area contributed by atoms with E-state index in [0.717, 1.165) is 38.7 Å². The minimum Gasteiger partial charge on any atom is -0.337 e. The molecule has 3 heterocycles. The summed E-state index contributed by atoms with van der Waals surface area (Å²) in [5.74, 6) is 1.59. The Hall–Kier alpha value is -3.63. The monoisotopic (exact) mass is 410 g/mol. The Kier molecular flexibility index (Phi) is 4.49. The molecule has 0 aliphatic heterocycles. The molecule has 0 saturated heterocycles. The molecule has 0 atom stereocenters. The summed E-state index contributed by atoms with van der Waals surface area (Å²) in [5.41, 5.74) is 5.02. The topological polar surface area (TPSA) is 71.8 Å². The van der Waals surface area contributed by atoms with Crippen molar-refractivity contribution in [2.24, 2.45) is 7.05 Å². The van der Waals surface area contributed by atoms with Crippen LogP contribution in [0.3, 0.4) is 0 Å². The van der Waals surface area contributed by atoms with Crippen molar-refractivity contribution in [2.75, 3.05) is 0 Å². The average molecular weight is 411 g/mol. The molecule has 0 fully saturated rings. The fourth-order valence-electron chi connectivity index (χ4n) is 3.58. The van der Waals surface area contributed by atoms with Gasteiger partial charge in [-0.25, -0.2) is 14.5 Å². The highest BCUT2D eigenvalue weighted by atomic mass is 32.2. The van der Waals surface area contributed by atoms with Gasteiger partial charge in [0, 0.05) is 24.2 Å². The normalized spacial score (nSPS) is 11.2. The molecule has 5 rings (SSSR count). The van der Waals surface area contributed by atoms with E-state index in [-0.39, 0.29) is 0 Å². The number of hydrogen-bond acceptors (Lipinski definition) is 5. The molecule has 0 amide bonds. The van der Waals surface area contributed by atoms with E-state index in [1.165, 1.54) is 0 Å². The number of aryl methyl sites for hydroxylation is 2. The van der Waals surface area contributed by atoms with E-state index in [4.69, 9.17) is 9.97 Å². The summed E-state index contributed by atoms with van der Waals surface area (Å²) in [6.45, 7) is 1.86. The maximum atomic E-state index is 9.67. The van der Waals surface area contributed by atoms with Gasteiger partial charge in [0.15, 0.2) is 5.16 Å². The average Bonchev–Trinajstić information content (AvgIpc) is 3.32. The Balaban J connectivity index is 1.55. The van der Waals surface area contributed by atoms with Crippen LogP contribution in [0.2, 0.25) is 0 Å². The van der Waals surface area contributed by atoms with Gasteiger partial charge in [0.25, 0.3) is 0 Å². The summed E-state index contributed by atoms with van der Waals surface area (Å²) in [6, 6.07) is 20.3. The lowest BCUT2D eigenvalue weighted by Gasteiger charge is -2.07. The zero-order valence-corrected chi connectivity index (χ0v) is 17.4. The van der Waals surface area contributed by atoms with Gasteiger partial charge in [0.2, 0.25) is 0 Å². The smallest absolute Gasteiger partial charge is 0.190 e. The van der Waals surface area contributed by atoms with Crippen LogP contribution >= 0.6 is 11.8 Å². The molecule has 2 aromatic carbocycles. The summed E-state index contributed by atoms with van der Waals surface area (Å²) in [6.07, 6.45) is 2.04. The van der Waals surface area contributed by atoms with E-state index in [9.17, 15) is 5.26 Å². The van der Waals surface area contributed by atoms with Gasteiger partial charge < -0.3 is 4.57 Å². The SMILES string of the molecule is Cc1nn2c(SCc3nc(-c4ccccc4)cn3C)nc3ccccc3c2c1C#N. The van der Waals surface area contributed by atoms with E-state index in [0.29, 0.717) is 17.0 Å². The van der Waals surface area contributed by atoms with Crippen LogP contribution in [0.15, 0.2) is 66.0 Å². The quantitative estimate of drug-likeness (QED) is 0.316. The van der Waals surface area contributed by atoms with Crippen LogP contribution in [0, 0.1) is 18.3 Å². The molecule has 0 bridgehead atoms. The van der Waals surface area contributed by atoms with Crippen LogP contribution < -0.4 is 0 Å². The summed E-state index contributed by atoms with van der Waals surface area (Å²) < 4.78 is 3.84. The summed E-state index contributed by atoms with van der Waals surface area (Å²) in [4.78, 5) is 9.63. The summed E-state index contributed by atoms with van der Waals surface area (Å²) in [7, 11) is 2.00. The molecule has 3 aromatic heterocycles. The van der Waals surface area contributed by atoms with Gasteiger partial charge in [-0.3, -0.25) is 0 Å². The lowest BCUT2D eigenvalue weighted by Crippen LogP contribution is -2.00. The lowest BCUT2D eigenvalue weighted by molar-refractivity contribution is 0.793. The number of nitriles is 1. The highest BCUT2D eigenvalue weighted by Gasteiger charge is 2.18. The first-order valence-corrected chi connectivity index (χ1v) is 10.5. The highest BCUT2D eigenvalue weighted by molar-refractivity contribution is 7.98. The summed E-state index contributed by atoms with van der Waals surface area (Å²) >= 11 is 1.57. The molecule has 0 unspecified atom stereocenters. The number of benzene rings is 2. The molecule has 0 saturated carbocycles. The molecular formula is C23H18N6S. The zero-order chi connectivity index (χ0) is 20.7. The first-order chi connectivity index (χ1) is 14.7. The van der Waals surface area contributed by atoms with Gasteiger partial charge in [-0.2, -0.15) is 10.4 Å². The molecule has 0 radical (unpaired) electrons. The van der Waals surface area contributed by atoms with Crippen molar-refractivity contribution in [2.45, 2.75) is 17.8 Å². The van der Waals surface area contributed by atoms with Crippen LogP contribution in [-0.2, 0) is 12.8 Å². The Bertz CT molecular complexity index is 1430. The first-order valence-electron chi connectivity index (χ1n) is 9.54. The van der Waals surface area contributed by atoms with Crippen molar-refractivity contribution < 1.29 is 0 Å². The Morgan fingerprint density at radius 2 is 1.80 bits per heavy atom. The number of imidazole rings is 1. The Morgan fingerprint density at radius 3 is 2.60 bits per heavy atom. The van der Waals surface area contributed by atoms with Gasteiger partial charge in [-0.1, -0.05) is 60.3 Å². The third-order valence-electron chi connectivity index (χ3n) is 5.10. The van der Waals surface area contributed by atoms with Crippen molar-refractivity contribution in [1.82, 2.24) is 24.1 Å². The Labute approximate surface area is 177 Å². The molecule has 5 aromatic rings. The van der Waals surface area contributed by atoms with Crippen LogP contribution in [0.25, 0.3) is 27.7 Å².